The number of hydrogen-bond acceptors (Lipinski definition) is 4. The molecule has 0 unspecified atom stereocenters. The number of carboxylic acid groups (broad SMARTS) is 1. The number of rotatable bonds is 4. The first-order valence-electron chi connectivity index (χ1n) is 4.23. The van der Waals surface area contributed by atoms with Crippen molar-refractivity contribution < 1.29 is 24.5 Å². The molecule has 0 heterocycles. The Balaban J connectivity index is 3.34. The van der Waals surface area contributed by atoms with Crippen molar-refractivity contribution in [2.75, 3.05) is 14.2 Å². The molecule has 0 aliphatic carbocycles. The number of aromatic carboxylic acids is 1. The molecule has 0 atom stereocenters. The minimum absolute atomic E-state index is 0.00218. The van der Waals surface area contributed by atoms with Gasteiger partial charge in [0.15, 0.2) is 0 Å². The van der Waals surface area contributed by atoms with Crippen LogP contribution in [0.3, 0.4) is 0 Å². The third-order valence-corrected chi connectivity index (χ3v) is 2.00. The van der Waals surface area contributed by atoms with Gasteiger partial charge in [-0.15, -0.1) is 0 Å². The number of aliphatic hydroxyl groups is 1. The summed E-state index contributed by atoms with van der Waals surface area (Å²) in [6, 6.07) is 2.77. The van der Waals surface area contributed by atoms with E-state index in [9.17, 15) is 4.79 Å². The number of benzene rings is 1. The predicted octanol–water partition coefficient (Wildman–Crippen LogP) is 0.894. The first-order chi connectivity index (χ1) is 7.13. The van der Waals surface area contributed by atoms with Gasteiger partial charge in [0.05, 0.1) is 20.8 Å². The zero-order valence-corrected chi connectivity index (χ0v) is 8.48. The van der Waals surface area contributed by atoms with Crippen molar-refractivity contribution >= 4 is 5.97 Å². The largest absolute Gasteiger partial charge is 0.496 e. The quantitative estimate of drug-likeness (QED) is 0.775. The Hall–Kier alpha value is -1.75. The fraction of sp³-hybridized carbons (Fsp3) is 0.300. The number of carboxylic acids is 1. The Morgan fingerprint density at radius 3 is 2.27 bits per heavy atom. The SMILES string of the molecule is COc1cc(OC)c(C(=O)O)cc1CO. The third-order valence-electron chi connectivity index (χ3n) is 2.00. The lowest BCUT2D eigenvalue weighted by molar-refractivity contribution is 0.0693. The minimum Gasteiger partial charge on any atom is -0.496 e. The lowest BCUT2D eigenvalue weighted by atomic mass is 10.1. The molecule has 0 aliphatic rings. The third kappa shape index (κ3) is 2.19. The van der Waals surface area contributed by atoms with Crippen molar-refractivity contribution in [1.82, 2.24) is 0 Å². The van der Waals surface area contributed by atoms with Gasteiger partial charge in [-0.3, -0.25) is 0 Å². The summed E-state index contributed by atoms with van der Waals surface area (Å²) in [5, 5.41) is 17.9. The second-order valence-electron chi connectivity index (χ2n) is 2.83. The summed E-state index contributed by atoms with van der Waals surface area (Å²) in [5.74, 6) is -0.500. The van der Waals surface area contributed by atoms with Gasteiger partial charge in [0.2, 0.25) is 0 Å². The second-order valence-corrected chi connectivity index (χ2v) is 2.83. The average Bonchev–Trinajstić information content (AvgIpc) is 2.26. The summed E-state index contributed by atoms with van der Waals surface area (Å²) in [5.41, 5.74) is 0.415. The summed E-state index contributed by atoms with van der Waals surface area (Å²) in [6.07, 6.45) is 0. The average molecular weight is 212 g/mol. The van der Waals surface area contributed by atoms with Crippen LogP contribution < -0.4 is 9.47 Å². The van der Waals surface area contributed by atoms with E-state index in [1.54, 1.807) is 0 Å². The molecule has 0 radical (unpaired) electrons. The van der Waals surface area contributed by atoms with Crippen molar-refractivity contribution in [3.63, 3.8) is 0 Å². The molecule has 15 heavy (non-hydrogen) atoms. The zero-order chi connectivity index (χ0) is 11.4. The van der Waals surface area contributed by atoms with Crippen molar-refractivity contribution in [1.29, 1.82) is 0 Å². The Labute approximate surface area is 86.9 Å². The van der Waals surface area contributed by atoms with Crippen molar-refractivity contribution in [2.24, 2.45) is 0 Å². The van der Waals surface area contributed by atoms with E-state index in [1.807, 2.05) is 0 Å². The van der Waals surface area contributed by atoms with Gasteiger partial charge in [-0.05, 0) is 6.07 Å². The van der Waals surface area contributed by atoms with Crippen LogP contribution in [-0.4, -0.2) is 30.4 Å². The molecule has 82 valence electrons. The van der Waals surface area contributed by atoms with Gasteiger partial charge in [0.25, 0.3) is 0 Å². The zero-order valence-electron chi connectivity index (χ0n) is 8.48. The van der Waals surface area contributed by atoms with E-state index < -0.39 is 5.97 Å². The molecular weight excluding hydrogens is 200 g/mol. The molecule has 0 fully saturated rings. The van der Waals surface area contributed by atoms with Crippen LogP contribution in [0.5, 0.6) is 11.5 Å². The molecule has 0 saturated heterocycles. The number of hydrogen-bond donors (Lipinski definition) is 2. The van der Waals surface area contributed by atoms with Gasteiger partial charge in [-0.2, -0.15) is 0 Å². The van der Waals surface area contributed by atoms with E-state index in [0.717, 1.165) is 0 Å². The van der Waals surface area contributed by atoms with Crippen LogP contribution in [-0.2, 0) is 6.61 Å². The van der Waals surface area contributed by atoms with Gasteiger partial charge >= 0.3 is 5.97 Å². The van der Waals surface area contributed by atoms with Gasteiger partial charge in [0, 0.05) is 11.6 Å². The number of aliphatic hydroxyl groups excluding tert-OH is 1. The molecule has 0 aliphatic heterocycles. The van der Waals surface area contributed by atoms with E-state index in [-0.39, 0.29) is 17.9 Å². The molecule has 1 rings (SSSR count). The molecule has 1 aromatic carbocycles. The summed E-state index contributed by atoms with van der Waals surface area (Å²) < 4.78 is 9.89. The van der Waals surface area contributed by atoms with E-state index in [1.165, 1.54) is 26.4 Å². The summed E-state index contributed by atoms with van der Waals surface area (Å²) in [7, 11) is 2.81. The molecule has 2 N–H and O–H groups in total. The summed E-state index contributed by atoms with van der Waals surface area (Å²) >= 11 is 0. The molecule has 0 bridgehead atoms. The number of carbonyl (C=O) groups is 1. The Bertz CT molecular complexity index is 372. The summed E-state index contributed by atoms with van der Waals surface area (Å²) in [4.78, 5) is 10.8. The van der Waals surface area contributed by atoms with E-state index in [0.29, 0.717) is 11.3 Å². The monoisotopic (exact) mass is 212 g/mol. The fourth-order valence-electron chi connectivity index (χ4n) is 1.26. The Morgan fingerprint density at radius 1 is 1.27 bits per heavy atom. The number of ether oxygens (including phenoxy) is 2. The maximum absolute atomic E-state index is 10.8. The highest BCUT2D eigenvalue weighted by Crippen LogP contribution is 2.29. The Morgan fingerprint density at radius 2 is 1.87 bits per heavy atom. The van der Waals surface area contributed by atoms with Crippen molar-refractivity contribution in [3.8, 4) is 11.5 Å². The fourth-order valence-corrected chi connectivity index (χ4v) is 1.26. The first-order valence-corrected chi connectivity index (χ1v) is 4.23. The van der Waals surface area contributed by atoms with E-state index in [2.05, 4.69) is 0 Å². The molecular formula is C10H12O5. The topological polar surface area (TPSA) is 76.0 Å². The van der Waals surface area contributed by atoms with Crippen LogP contribution in [0.1, 0.15) is 15.9 Å². The maximum Gasteiger partial charge on any atom is 0.339 e. The lowest BCUT2D eigenvalue weighted by Crippen LogP contribution is -2.03. The standard InChI is InChI=1S/C10H12O5/c1-14-8-4-9(15-2)7(10(12)13)3-6(8)5-11/h3-4,11H,5H2,1-2H3,(H,12,13). The molecule has 1 aromatic rings. The van der Waals surface area contributed by atoms with Gasteiger partial charge < -0.3 is 19.7 Å². The molecule has 5 heteroatoms. The summed E-state index contributed by atoms with van der Waals surface area (Å²) in [6.45, 7) is -0.284. The normalized spacial score (nSPS) is 9.80. The lowest BCUT2D eigenvalue weighted by Gasteiger charge is -2.11. The first kappa shape index (κ1) is 11.3. The highest BCUT2D eigenvalue weighted by atomic mass is 16.5. The maximum atomic E-state index is 10.8. The van der Waals surface area contributed by atoms with Crippen LogP contribution in [0.2, 0.25) is 0 Å². The molecule has 0 amide bonds. The number of methoxy groups -OCH3 is 2. The highest BCUT2D eigenvalue weighted by Gasteiger charge is 2.15. The van der Waals surface area contributed by atoms with Crippen LogP contribution in [0.25, 0.3) is 0 Å². The van der Waals surface area contributed by atoms with Gasteiger partial charge in [0.1, 0.15) is 17.1 Å². The van der Waals surface area contributed by atoms with Crippen molar-refractivity contribution in [2.45, 2.75) is 6.61 Å². The van der Waals surface area contributed by atoms with E-state index >= 15 is 0 Å². The van der Waals surface area contributed by atoms with E-state index in [4.69, 9.17) is 19.7 Å². The molecule has 0 spiro atoms. The molecule has 0 saturated carbocycles. The van der Waals surface area contributed by atoms with Crippen LogP contribution in [0.4, 0.5) is 0 Å². The van der Waals surface area contributed by atoms with Crippen LogP contribution >= 0.6 is 0 Å². The highest BCUT2D eigenvalue weighted by molar-refractivity contribution is 5.91. The smallest absolute Gasteiger partial charge is 0.339 e. The predicted molar refractivity (Wildman–Crippen MR) is 52.4 cm³/mol. The molecule has 0 aromatic heterocycles. The minimum atomic E-state index is -1.11. The second kappa shape index (κ2) is 4.65. The van der Waals surface area contributed by atoms with Gasteiger partial charge in [-0.25, -0.2) is 4.79 Å². The molecule has 5 nitrogen and oxygen atoms in total. The van der Waals surface area contributed by atoms with Crippen LogP contribution in [0.15, 0.2) is 12.1 Å². The van der Waals surface area contributed by atoms with Crippen LogP contribution in [0, 0.1) is 0 Å². The van der Waals surface area contributed by atoms with Gasteiger partial charge in [-0.1, -0.05) is 0 Å². The Kier molecular flexibility index (Phi) is 3.51. The van der Waals surface area contributed by atoms with Crippen molar-refractivity contribution in [3.05, 3.63) is 23.3 Å².